The summed E-state index contributed by atoms with van der Waals surface area (Å²) in [4.78, 5) is 24.6. The average Bonchev–Trinajstić information content (AvgIpc) is 2.27. The second-order valence-electron chi connectivity index (χ2n) is 8.27. The van der Waals surface area contributed by atoms with Crippen LogP contribution < -0.4 is 0 Å². The van der Waals surface area contributed by atoms with Gasteiger partial charge in [0.1, 0.15) is 5.76 Å². The van der Waals surface area contributed by atoms with Crippen molar-refractivity contribution in [2.45, 2.75) is 65.0 Å². The lowest BCUT2D eigenvalue weighted by atomic mass is 9.69. The summed E-state index contributed by atoms with van der Waals surface area (Å²) in [6.45, 7) is 7.45. The van der Waals surface area contributed by atoms with Crippen LogP contribution >= 0.6 is 0 Å². The van der Waals surface area contributed by atoms with E-state index in [0.29, 0.717) is 6.42 Å². The molecule has 6 heteroatoms. The van der Waals surface area contributed by atoms with E-state index in [2.05, 4.69) is 0 Å². The molecular weight excluding hydrogens is 288 g/mol. The Morgan fingerprint density at radius 1 is 0.909 bits per heavy atom. The number of hydrogen-bond acceptors (Lipinski definition) is 6. The summed E-state index contributed by atoms with van der Waals surface area (Å²) in [6, 6.07) is 0. The minimum absolute atomic E-state index is 0.0354. The van der Waals surface area contributed by atoms with Crippen molar-refractivity contribution in [3.05, 3.63) is 11.5 Å². The molecule has 2 aliphatic carbocycles. The molecule has 1 heterocycles. The normalized spacial score (nSPS) is 39.5. The first kappa shape index (κ1) is 15.5. The summed E-state index contributed by atoms with van der Waals surface area (Å²) in [6.07, 6.45) is 0.718. The number of Topliss-reactive ketones (excluding diaryl/α,β-unsaturated/α-hetero) is 2. The van der Waals surface area contributed by atoms with Crippen molar-refractivity contribution in [2.75, 3.05) is 0 Å². The zero-order valence-corrected chi connectivity index (χ0v) is 13.4. The Balaban J connectivity index is 2.07. The van der Waals surface area contributed by atoms with E-state index in [9.17, 15) is 19.8 Å². The summed E-state index contributed by atoms with van der Waals surface area (Å²) < 4.78 is 11.0. The van der Waals surface area contributed by atoms with Gasteiger partial charge in [-0.1, -0.05) is 27.7 Å². The molecule has 6 nitrogen and oxygen atoms in total. The lowest BCUT2D eigenvalue weighted by molar-refractivity contribution is -0.379. The summed E-state index contributed by atoms with van der Waals surface area (Å²) in [7, 11) is 0. The highest BCUT2D eigenvalue weighted by Crippen LogP contribution is 2.52. The van der Waals surface area contributed by atoms with Gasteiger partial charge in [0, 0.05) is 25.7 Å². The molecule has 122 valence electrons. The van der Waals surface area contributed by atoms with Crippen molar-refractivity contribution in [1.82, 2.24) is 0 Å². The largest absolute Gasteiger partial charge is 0.455 e. The molecule has 0 spiro atoms. The number of carbonyl (C=O) groups is 2. The van der Waals surface area contributed by atoms with E-state index < -0.39 is 22.8 Å². The monoisotopic (exact) mass is 310 g/mol. The molecule has 22 heavy (non-hydrogen) atoms. The maximum Gasteiger partial charge on any atom is 0.335 e. The van der Waals surface area contributed by atoms with Gasteiger partial charge in [0.25, 0.3) is 5.79 Å². The Hall–Kier alpha value is -1.40. The van der Waals surface area contributed by atoms with Crippen molar-refractivity contribution < 1.29 is 29.3 Å². The fourth-order valence-corrected chi connectivity index (χ4v) is 3.64. The zero-order chi connectivity index (χ0) is 16.6. The van der Waals surface area contributed by atoms with Crippen LogP contribution in [0.5, 0.6) is 0 Å². The molecule has 0 aromatic rings. The zero-order valence-electron chi connectivity index (χ0n) is 13.4. The molecule has 0 unspecified atom stereocenters. The molecule has 0 aromatic heterocycles. The number of hydrogen-bond donors (Lipinski definition) is 2. The highest BCUT2D eigenvalue weighted by atomic mass is 16.7. The minimum Gasteiger partial charge on any atom is -0.455 e. The van der Waals surface area contributed by atoms with Gasteiger partial charge in [-0.15, -0.1) is 0 Å². The lowest BCUT2D eigenvalue weighted by Crippen LogP contribution is -2.69. The maximum absolute atomic E-state index is 12.3. The van der Waals surface area contributed by atoms with E-state index in [1.807, 2.05) is 27.7 Å². The second-order valence-corrected chi connectivity index (χ2v) is 8.27. The lowest BCUT2D eigenvalue weighted by Gasteiger charge is -2.53. The molecule has 2 atom stereocenters. The Kier molecular flexibility index (Phi) is 2.90. The molecule has 1 aliphatic heterocycles. The first-order valence-electron chi connectivity index (χ1n) is 7.50. The van der Waals surface area contributed by atoms with Crippen LogP contribution in [0.1, 0.15) is 53.4 Å². The number of aliphatic hydroxyl groups is 2. The van der Waals surface area contributed by atoms with Gasteiger partial charge < -0.3 is 19.7 Å². The number of fused-ring (bicyclic) bond motifs is 1. The van der Waals surface area contributed by atoms with Crippen molar-refractivity contribution in [2.24, 2.45) is 10.8 Å². The van der Waals surface area contributed by atoms with Crippen LogP contribution in [0, 0.1) is 10.8 Å². The van der Waals surface area contributed by atoms with Gasteiger partial charge in [-0.3, -0.25) is 9.59 Å². The van der Waals surface area contributed by atoms with Crippen LogP contribution in [-0.4, -0.2) is 33.4 Å². The average molecular weight is 310 g/mol. The maximum atomic E-state index is 12.3. The molecule has 1 saturated carbocycles. The van der Waals surface area contributed by atoms with E-state index in [1.165, 1.54) is 0 Å². The summed E-state index contributed by atoms with van der Waals surface area (Å²) in [5.74, 6) is -5.58. The van der Waals surface area contributed by atoms with Gasteiger partial charge in [-0.05, 0) is 10.8 Å². The smallest absolute Gasteiger partial charge is 0.335 e. The first-order valence-corrected chi connectivity index (χ1v) is 7.50. The van der Waals surface area contributed by atoms with Gasteiger partial charge >= 0.3 is 5.79 Å². The fourth-order valence-electron chi connectivity index (χ4n) is 3.64. The molecule has 3 rings (SSSR count). The second kappa shape index (κ2) is 4.11. The van der Waals surface area contributed by atoms with Gasteiger partial charge in [0.05, 0.1) is 0 Å². The number of rotatable bonds is 0. The van der Waals surface area contributed by atoms with Gasteiger partial charge in [-0.25, -0.2) is 0 Å². The Labute approximate surface area is 129 Å². The summed E-state index contributed by atoms with van der Waals surface area (Å²) >= 11 is 0. The quantitative estimate of drug-likeness (QED) is 0.702. The predicted octanol–water partition coefficient (Wildman–Crippen LogP) is 1.40. The molecule has 0 bridgehead atoms. The van der Waals surface area contributed by atoms with Gasteiger partial charge in [0.15, 0.2) is 0 Å². The van der Waals surface area contributed by atoms with E-state index in [4.69, 9.17) is 9.47 Å². The minimum atomic E-state index is -2.52. The highest BCUT2D eigenvalue weighted by Gasteiger charge is 2.68. The molecule has 0 saturated heterocycles. The van der Waals surface area contributed by atoms with Crippen LogP contribution in [0.3, 0.4) is 0 Å². The Morgan fingerprint density at radius 3 is 2.18 bits per heavy atom. The third-order valence-corrected chi connectivity index (χ3v) is 4.59. The molecule has 0 radical (unpaired) electrons. The van der Waals surface area contributed by atoms with Crippen LogP contribution in [0.15, 0.2) is 11.5 Å². The fraction of sp³-hybridized carbons (Fsp3) is 0.750. The third-order valence-electron chi connectivity index (χ3n) is 4.59. The molecule has 3 aliphatic rings. The highest BCUT2D eigenvalue weighted by molar-refractivity contribution is 5.97. The van der Waals surface area contributed by atoms with Gasteiger partial charge in [0.2, 0.25) is 17.3 Å². The molecule has 0 aromatic carbocycles. The molecule has 2 N–H and O–H groups in total. The Morgan fingerprint density at radius 2 is 1.55 bits per heavy atom. The predicted molar refractivity (Wildman–Crippen MR) is 75.1 cm³/mol. The van der Waals surface area contributed by atoms with Crippen molar-refractivity contribution in [1.29, 1.82) is 0 Å². The number of carbonyl (C=O) groups excluding carboxylic acids is 2. The van der Waals surface area contributed by atoms with Crippen LogP contribution in [0.25, 0.3) is 0 Å². The first-order chi connectivity index (χ1) is 9.88. The van der Waals surface area contributed by atoms with Crippen molar-refractivity contribution >= 4 is 11.6 Å². The number of ketones is 2. The van der Waals surface area contributed by atoms with Crippen LogP contribution in [0.2, 0.25) is 0 Å². The van der Waals surface area contributed by atoms with E-state index in [-0.39, 0.29) is 42.0 Å². The molecular formula is C16H22O6. The third kappa shape index (κ3) is 2.08. The molecule has 0 amide bonds. The van der Waals surface area contributed by atoms with Crippen LogP contribution in [-0.2, 0) is 19.1 Å². The van der Waals surface area contributed by atoms with E-state index >= 15 is 0 Å². The standard InChI is InChI=1S/C16H22O6/c1-13(2)5-9(17)12-10(6-13)21-15(19)8-14(3,4)7-11(18)16(15,20)22-12/h19-20H,5-8H2,1-4H3/t15-,16+/m0/s1. The van der Waals surface area contributed by atoms with Crippen LogP contribution in [0.4, 0.5) is 0 Å². The van der Waals surface area contributed by atoms with Crippen molar-refractivity contribution in [3.8, 4) is 0 Å². The number of ether oxygens (including phenoxy) is 2. The summed E-state index contributed by atoms with van der Waals surface area (Å²) in [5.41, 5.74) is -0.854. The van der Waals surface area contributed by atoms with E-state index in [1.54, 1.807) is 0 Å². The van der Waals surface area contributed by atoms with Gasteiger partial charge in [-0.2, -0.15) is 0 Å². The molecule has 1 fully saturated rings. The number of allylic oxidation sites excluding steroid dienone is 2. The Bertz CT molecular complexity index is 602. The van der Waals surface area contributed by atoms with E-state index in [0.717, 1.165) is 0 Å². The topological polar surface area (TPSA) is 93.1 Å². The SMILES string of the molecule is CC1(C)CC(=O)C2=C(C1)O[C@@]1(O)CC(C)(C)CC(=O)[C@@]1(O)O2. The summed E-state index contributed by atoms with van der Waals surface area (Å²) in [5, 5.41) is 21.4. The van der Waals surface area contributed by atoms with Crippen molar-refractivity contribution in [3.63, 3.8) is 0 Å².